The molecule has 1 N–H and O–H groups in total. The third-order valence-corrected chi connectivity index (χ3v) is 2.69. The standard InChI is InChI=1S/C12H17N3/c1-10(11-5-4-7-13-9-11)15-12-6-2-3-8-14-12/h4-5,7,9-10H,2-3,6,8H2,1H3,(H,14,15)/t10-/m0/s1. The summed E-state index contributed by atoms with van der Waals surface area (Å²) in [5.41, 5.74) is 1.21. The zero-order valence-electron chi connectivity index (χ0n) is 9.11. The summed E-state index contributed by atoms with van der Waals surface area (Å²) >= 11 is 0. The normalized spacial score (nSPS) is 18.1. The van der Waals surface area contributed by atoms with Gasteiger partial charge < -0.3 is 5.32 Å². The zero-order chi connectivity index (χ0) is 10.5. The van der Waals surface area contributed by atoms with Crippen LogP contribution in [0.15, 0.2) is 29.5 Å². The fourth-order valence-corrected chi connectivity index (χ4v) is 1.78. The highest BCUT2D eigenvalue weighted by molar-refractivity contribution is 5.83. The first-order valence-corrected chi connectivity index (χ1v) is 5.56. The second-order valence-corrected chi connectivity index (χ2v) is 3.94. The predicted octanol–water partition coefficient (Wildman–Crippen LogP) is 2.31. The van der Waals surface area contributed by atoms with Gasteiger partial charge in [0, 0.05) is 25.4 Å². The van der Waals surface area contributed by atoms with Crippen molar-refractivity contribution in [1.82, 2.24) is 10.3 Å². The fourth-order valence-electron chi connectivity index (χ4n) is 1.78. The molecule has 1 aromatic rings. The lowest BCUT2D eigenvalue weighted by molar-refractivity contribution is 0.655. The SMILES string of the molecule is C[C@H](NC1=NCCCC1)c1cccnc1. The number of hydrogen-bond donors (Lipinski definition) is 1. The van der Waals surface area contributed by atoms with Gasteiger partial charge in [-0.3, -0.25) is 9.98 Å². The summed E-state index contributed by atoms with van der Waals surface area (Å²) < 4.78 is 0. The zero-order valence-corrected chi connectivity index (χ0v) is 9.11. The summed E-state index contributed by atoms with van der Waals surface area (Å²) in [6.07, 6.45) is 7.28. The number of aliphatic imine (C=N–C) groups is 1. The van der Waals surface area contributed by atoms with Crippen LogP contribution in [0.2, 0.25) is 0 Å². The van der Waals surface area contributed by atoms with E-state index in [-0.39, 0.29) is 0 Å². The average molecular weight is 203 g/mol. The maximum absolute atomic E-state index is 4.48. The smallest absolute Gasteiger partial charge is 0.0967 e. The van der Waals surface area contributed by atoms with Crippen LogP contribution in [0, 0.1) is 0 Å². The molecule has 0 spiro atoms. The van der Waals surface area contributed by atoms with Crippen molar-refractivity contribution >= 4 is 5.84 Å². The molecule has 3 nitrogen and oxygen atoms in total. The van der Waals surface area contributed by atoms with Crippen molar-refractivity contribution < 1.29 is 0 Å². The van der Waals surface area contributed by atoms with Gasteiger partial charge in [0.05, 0.1) is 11.9 Å². The summed E-state index contributed by atoms with van der Waals surface area (Å²) in [4.78, 5) is 8.60. The molecule has 0 radical (unpaired) electrons. The van der Waals surface area contributed by atoms with Gasteiger partial charge in [0.2, 0.25) is 0 Å². The van der Waals surface area contributed by atoms with Crippen molar-refractivity contribution in [3.05, 3.63) is 30.1 Å². The van der Waals surface area contributed by atoms with Crippen molar-refractivity contribution in [2.45, 2.75) is 32.2 Å². The van der Waals surface area contributed by atoms with Crippen LogP contribution in [0.4, 0.5) is 0 Å². The van der Waals surface area contributed by atoms with E-state index in [4.69, 9.17) is 0 Å². The Labute approximate surface area is 90.6 Å². The van der Waals surface area contributed by atoms with Crippen LogP contribution in [-0.4, -0.2) is 17.4 Å². The van der Waals surface area contributed by atoms with Gasteiger partial charge >= 0.3 is 0 Å². The minimum absolute atomic E-state index is 0.301. The Kier molecular flexibility index (Phi) is 3.33. The third-order valence-electron chi connectivity index (χ3n) is 2.69. The molecule has 0 aliphatic carbocycles. The molecule has 2 rings (SSSR count). The molecule has 1 aliphatic heterocycles. The number of aromatic nitrogens is 1. The van der Waals surface area contributed by atoms with Crippen molar-refractivity contribution in [3.63, 3.8) is 0 Å². The molecule has 0 saturated heterocycles. The van der Waals surface area contributed by atoms with Crippen molar-refractivity contribution in [2.24, 2.45) is 4.99 Å². The number of nitrogens with zero attached hydrogens (tertiary/aromatic N) is 2. The summed E-state index contributed by atoms with van der Waals surface area (Å²) in [6.45, 7) is 3.12. The Bertz CT molecular complexity index is 332. The van der Waals surface area contributed by atoms with Crippen molar-refractivity contribution in [2.75, 3.05) is 6.54 Å². The molecule has 0 amide bonds. The van der Waals surface area contributed by atoms with Crippen LogP contribution in [-0.2, 0) is 0 Å². The second kappa shape index (κ2) is 4.91. The molecule has 1 aromatic heterocycles. The summed E-state index contributed by atoms with van der Waals surface area (Å²) in [5, 5.41) is 3.45. The van der Waals surface area contributed by atoms with Gasteiger partial charge in [-0.1, -0.05) is 6.07 Å². The van der Waals surface area contributed by atoms with Gasteiger partial charge in [-0.05, 0) is 31.4 Å². The van der Waals surface area contributed by atoms with E-state index in [2.05, 4.69) is 28.3 Å². The quantitative estimate of drug-likeness (QED) is 0.801. The van der Waals surface area contributed by atoms with E-state index < -0.39 is 0 Å². The van der Waals surface area contributed by atoms with Crippen molar-refractivity contribution in [3.8, 4) is 0 Å². The van der Waals surface area contributed by atoms with Crippen LogP contribution in [0.1, 0.15) is 37.8 Å². The Morgan fingerprint density at radius 3 is 3.00 bits per heavy atom. The summed E-state index contributed by atoms with van der Waals surface area (Å²) in [7, 11) is 0. The van der Waals surface area contributed by atoms with Crippen LogP contribution in [0.5, 0.6) is 0 Å². The maximum Gasteiger partial charge on any atom is 0.0967 e. The van der Waals surface area contributed by atoms with Gasteiger partial charge in [0.15, 0.2) is 0 Å². The van der Waals surface area contributed by atoms with Crippen LogP contribution < -0.4 is 5.32 Å². The van der Waals surface area contributed by atoms with Crippen LogP contribution in [0.25, 0.3) is 0 Å². The number of pyridine rings is 1. The average Bonchev–Trinajstić information content (AvgIpc) is 2.31. The van der Waals surface area contributed by atoms with E-state index >= 15 is 0 Å². The van der Waals surface area contributed by atoms with Crippen LogP contribution >= 0.6 is 0 Å². The molecule has 0 bridgehead atoms. The fraction of sp³-hybridized carbons (Fsp3) is 0.500. The topological polar surface area (TPSA) is 37.3 Å². The lowest BCUT2D eigenvalue weighted by Crippen LogP contribution is -2.28. The van der Waals surface area contributed by atoms with Crippen LogP contribution in [0.3, 0.4) is 0 Å². The van der Waals surface area contributed by atoms with E-state index in [1.165, 1.54) is 18.4 Å². The number of rotatable bonds is 2. The highest BCUT2D eigenvalue weighted by atomic mass is 15.0. The minimum atomic E-state index is 0.301. The lowest BCUT2D eigenvalue weighted by Gasteiger charge is -2.19. The monoisotopic (exact) mass is 203 g/mol. The van der Waals surface area contributed by atoms with E-state index in [0.717, 1.165) is 18.8 Å². The number of amidine groups is 1. The lowest BCUT2D eigenvalue weighted by atomic mass is 10.1. The Morgan fingerprint density at radius 1 is 1.40 bits per heavy atom. The molecule has 0 saturated carbocycles. The first kappa shape index (κ1) is 10.1. The minimum Gasteiger partial charge on any atom is -0.367 e. The third kappa shape index (κ3) is 2.78. The van der Waals surface area contributed by atoms with Gasteiger partial charge in [-0.2, -0.15) is 0 Å². The molecular formula is C12H17N3. The molecule has 80 valence electrons. The molecule has 1 atom stereocenters. The number of hydrogen-bond acceptors (Lipinski definition) is 3. The Hall–Kier alpha value is -1.38. The van der Waals surface area contributed by atoms with Gasteiger partial charge in [0.1, 0.15) is 0 Å². The van der Waals surface area contributed by atoms with E-state index in [9.17, 15) is 0 Å². The molecule has 3 heteroatoms. The molecular weight excluding hydrogens is 186 g/mol. The Morgan fingerprint density at radius 2 is 2.33 bits per heavy atom. The van der Waals surface area contributed by atoms with E-state index in [1.54, 1.807) is 6.20 Å². The van der Waals surface area contributed by atoms with E-state index in [0.29, 0.717) is 6.04 Å². The van der Waals surface area contributed by atoms with E-state index in [1.807, 2.05) is 12.3 Å². The second-order valence-electron chi connectivity index (χ2n) is 3.94. The number of nitrogens with one attached hydrogen (secondary N) is 1. The highest BCUT2D eigenvalue weighted by Crippen LogP contribution is 2.12. The van der Waals surface area contributed by atoms with Gasteiger partial charge in [-0.25, -0.2) is 0 Å². The molecule has 0 aromatic carbocycles. The van der Waals surface area contributed by atoms with Gasteiger partial charge in [0.25, 0.3) is 0 Å². The first-order valence-electron chi connectivity index (χ1n) is 5.56. The summed E-state index contributed by atoms with van der Waals surface area (Å²) in [5.74, 6) is 1.15. The van der Waals surface area contributed by atoms with Crippen molar-refractivity contribution in [1.29, 1.82) is 0 Å². The molecule has 2 heterocycles. The molecule has 0 unspecified atom stereocenters. The highest BCUT2D eigenvalue weighted by Gasteiger charge is 2.09. The van der Waals surface area contributed by atoms with Gasteiger partial charge in [-0.15, -0.1) is 0 Å². The molecule has 0 fully saturated rings. The summed E-state index contributed by atoms with van der Waals surface area (Å²) in [6, 6.07) is 4.36. The maximum atomic E-state index is 4.48. The molecule has 1 aliphatic rings. The predicted molar refractivity (Wildman–Crippen MR) is 61.9 cm³/mol. The first-order chi connectivity index (χ1) is 7.36. The molecule has 15 heavy (non-hydrogen) atoms. The Balaban J connectivity index is 1.97. The largest absolute Gasteiger partial charge is 0.367 e.